The Bertz CT molecular complexity index is 1280. The van der Waals surface area contributed by atoms with Crippen molar-refractivity contribution in [3.05, 3.63) is 76.0 Å². The second-order valence-electron chi connectivity index (χ2n) is 7.28. The van der Waals surface area contributed by atoms with Crippen LogP contribution in [0.1, 0.15) is 16.8 Å². The molecular weight excluding hydrogens is 384 g/mol. The molecule has 0 aliphatic carbocycles. The van der Waals surface area contributed by atoms with E-state index in [1.54, 1.807) is 35.1 Å². The Morgan fingerprint density at radius 2 is 2.00 bits per heavy atom. The van der Waals surface area contributed by atoms with Gasteiger partial charge < -0.3 is 9.64 Å². The van der Waals surface area contributed by atoms with E-state index in [2.05, 4.69) is 0 Å². The number of thiophene rings is 1. The molecule has 146 valence electrons. The van der Waals surface area contributed by atoms with Crippen LogP contribution >= 0.6 is 11.3 Å². The summed E-state index contributed by atoms with van der Waals surface area (Å²) in [5, 5.41) is 3.03. The number of aromatic nitrogens is 1. The van der Waals surface area contributed by atoms with Crippen LogP contribution in [0, 0.1) is 0 Å². The molecule has 6 heteroatoms. The minimum atomic E-state index is -0.116. The van der Waals surface area contributed by atoms with Gasteiger partial charge in [-0.2, -0.15) is 0 Å². The van der Waals surface area contributed by atoms with E-state index in [1.165, 1.54) is 0 Å². The molecule has 3 aromatic heterocycles. The lowest BCUT2D eigenvalue weighted by Gasteiger charge is -2.19. The Labute approximate surface area is 171 Å². The topological polar surface area (TPSA) is 51.0 Å². The third-order valence-electron chi connectivity index (χ3n) is 5.63. The van der Waals surface area contributed by atoms with Gasteiger partial charge in [-0.1, -0.05) is 30.3 Å². The van der Waals surface area contributed by atoms with E-state index in [9.17, 15) is 9.59 Å². The summed E-state index contributed by atoms with van der Waals surface area (Å²) in [5.41, 5.74) is 2.48. The van der Waals surface area contributed by atoms with Gasteiger partial charge in [0.1, 0.15) is 0 Å². The van der Waals surface area contributed by atoms with Crippen LogP contribution in [0.25, 0.3) is 26.7 Å². The first-order valence-corrected chi connectivity index (χ1v) is 10.5. The van der Waals surface area contributed by atoms with Crippen LogP contribution in [0.4, 0.5) is 0 Å². The van der Waals surface area contributed by atoms with Gasteiger partial charge in [-0.25, -0.2) is 0 Å². The Balaban J connectivity index is 1.78. The molecule has 0 radical (unpaired) electrons. The molecule has 1 saturated heterocycles. The normalized spacial score (nSPS) is 16.7. The number of rotatable bonds is 3. The van der Waals surface area contributed by atoms with Crippen LogP contribution in [0.3, 0.4) is 0 Å². The van der Waals surface area contributed by atoms with Crippen molar-refractivity contribution in [1.29, 1.82) is 0 Å². The molecule has 1 atom stereocenters. The lowest BCUT2D eigenvalue weighted by Crippen LogP contribution is -2.31. The molecule has 4 aromatic rings. The van der Waals surface area contributed by atoms with Gasteiger partial charge in [-0.15, -0.1) is 11.3 Å². The summed E-state index contributed by atoms with van der Waals surface area (Å²) in [6.07, 6.45) is 2.66. The number of hydrogen-bond acceptors (Lipinski definition) is 4. The number of benzene rings is 1. The Hall–Kier alpha value is -2.96. The van der Waals surface area contributed by atoms with Crippen molar-refractivity contribution in [3.8, 4) is 11.1 Å². The Kier molecular flexibility index (Phi) is 4.45. The molecule has 29 heavy (non-hydrogen) atoms. The second-order valence-corrected chi connectivity index (χ2v) is 8.20. The highest BCUT2D eigenvalue weighted by atomic mass is 32.1. The predicted molar refractivity (Wildman–Crippen MR) is 116 cm³/mol. The summed E-state index contributed by atoms with van der Waals surface area (Å²) < 4.78 is 8.01. The number of ether oxygens (including phenoxy) is 1. The zero-order valence-electron chi connectivity index (χ0n) is 16.0. The van der Waals surface area contributed by atoms with Crippen molar-refractivity contribution in [2.75, 3.05) is 20.2 Å². The number of likely N-dealkylation sites (tertiary alicyclic amines) is 1. The fraction of sp³-hybridized carbons (Fsp3) is 0.217. The standard InChI is InChI=1S/C23H20N2O3S/c1-28-17-8-10-24(14-17)22(26)19-13-18(15-5-3-2-4-6-15)23(27)25-11-7-16-9-12-29-21(16)20(19)25/h2-7,9,11-13,17H,8,10,14H2,1H3. The minimum absolute atomic E-state index is 0.0554. The molecule has 1 aliphatic rings. The molecule has 1 fully saturated rings. The summed E-state index contributed by atoms with van der Waals surface area (Å²) >= 11 is 1.55. The van der Waals surface area contributed by atoms with E-state index in [0.717, 1.165) is 22.1 Å². The van der Waals surface area contributed by atoms with Crippen molar-refractivity contribution in [2.45, 2.75) is 12.5 Å². The van der Waals surface area contributed by atoms with Crippen molar-refractivity contribution in [2.24, 2.45) is 0 Å². The van der Waals surface area contributed by atoms with Crippen LogP contribution in [0.15, 0.2) is 64.9 Å². The number of nitrogens with zero attached hydrogens (tertiary/aromatic N) is 2. The maximum absolute atomic E-state index is 13.5. The van der Waals surface area contributed by atoms with Crippen LogP contribution in [-0.4, -0.2) is 41.5 Å². The summed E-state index contributed by atoms with van der Waals surface area (Å²) in [4.78, 5) is 28.7. The second kappa shape index (κ2) is 7.13. The number of fused-ring (bicyclic) bond motifs is 3. The molecule has 1 amide bonds. The zero-order chi connectivity index (χ0) is 20.0. The highest BCUT2D eigenvalue weighted by Crippen LogP contribution is 2.30. The number of methoxy groups -OCH3 is 1. The zero-order valence-corrected chi connectivity index (χ0v) is 16.8. The molecule has 1 unspecified atom stereocenters. The van der Waals surface area contributed by atoms with Gasteiger partial charge in [0.25, 0.3) is 11.5 Å². The molecular formula is C23H20N2O3S. The fourth-order valence-corrected chi connectivity index (χ4v) is 5.01. The van der Waals surface area contributed by atoms with Gasteiger partial charge in [-0.05, 0) is 40.9 Å². The van der Waals surface area contributed by atoms with E-state index in [0.29, 0.717) is 29.7 Å². The highest BCUT2D eigenvalue weighted by molar-refractivity contribution is 7.18. The van der Waals surface area contributed by atoms with E-state index in [1.807, 2.05) is 52.7 Å². The van der Waals surface area contributed by atoms with Crippen LogP contribution in [0.5, 0.6) is 0 Å². The van der Waals surface area contributed by atoms with E-state index in [4.69, 9.17) is 4.74 Å². The van der Waals surface area contributed by atoms with E-state index >= 15 is 0 Å². The maximum atomic E-state index is 13.5. The van der Waals surface area contributed by atoms with Crippen LogP contribution in [-0.2, 0) is 4.74 Å². The first-order chi connectivity index (χ1) is 14.2. The molecule has 5 rings (SSSR count). The largest absolute Gasteiger partial charge is 0.380 e. The quantitative estimate of drug-likeness (QED) is 0.518. The minimum Gasteiger partial charge on any atom is -0.380 e. The molecule has 4 heterocycles. The molecule has 1 aromatic carbocycles. The van der Waals surface area contributed by atoms with Crippen molar-refractivity contribution in [3.63, 3.8) is 0 Å². The first kappa shape index (κ1) is 18.1. The monoisotopic (exact) mass is 404 g/mol. The third-order valence-corrected chi connectivity index (χ3v) is 6.57. The smallest absolute Gasteiger partial charge is 0.263 e. The van der Waals surface area contributed by atoms with Crippen molar-refractivity contribution >= 4 is 32.8 Å². The number of amides is 1. The SMILES string of the molecule is COC1CCN(C(=O)c2cc(-c3ccccc3)c(=O)n3ccc4ccsc4c23)C1. The molecule has 1 aliphatic heterocycles. The Morgan fingerprint density at radius 1 is 1.17 bits per heavy atom. The predicted octanol–water partition coefficient (Wildman–Crippen LogP) is 4.04. The fourth-order valence-electron chi connectivity index (χ4n) is 4.07. The van der Waals surface area contributed by atoms with Crippen LogP contribution < -0.4 is 5.56 Å². The molecule has 0 spiro atoms. The molecule has 0 bridgehead atoms. The van der Waals surface area contributed by atoms with Gasteiger partial charge in [0, 0.05) is 32.0 Å². The van der Waals surface area contributed by atoms with Gasteiger partial charge in [0.15, 0.2) is 0 Å². The lowest BCUT2D eigenvalue weighted by atomic mass is 10.0. The van der Waals surface area contributed by atoms with Crippen LogP contribution in [0.2, 0.25) is 0 Å². The van der Waals surface area contributed by atoms with Crippen molar-refractivity contribution < 1.29 is 9.53 Å². The van der Waals surface area contributed by atoms with E-state index in [-0.39, 0.29) is 17.6 Å². The molecule has 0 saturated carbocycles. The highest BCUT2D eigenvalue weighted by Gasteiger charge is 2.29. The number of carbonyl (C=O) groups is 1. The summed E-state index contributed by atoms with van der Waals surface area (Å²) in [7, 11) is 1.68. The van der Waals surface area contributed by atoms with Gasteiger partial charge >= 0.3 is 0 Å². The number of carbonyl (C=O) groups excluding carboxylic acids is 1. The summed E-state index contributed by atoms with van der Waals surface area (Å²) in [6, 6.07) is 15.2. The van der Waals surface area contributed by atoms with Gasteiger partial charge in [0.05, 0.1) is 21.9 Å². The average molecular weight is 404 g/mol. The number of hydrogen-bond donors (Lipinski definition) is 0. The maximum Gasteiger partial charge on any atom is 0.263 e. The lowest BCUT2D eigenvalue weighted by molar-refractivity contribution is 0.0725. The van der Waals surface area contributed by atoms with Gasteiger partial charge in [-0.3, -0.25) is 14.0 Å². The van der Waals surface area contributed by atoms with E-state index < -0.39 is 0 Å². The third kappa shape index (κ3) is 2.96. The van der Waals surface area contributed by atoms with Gasteiger partial charge in [0.2, 0.25) is 0 Å². The first-order valence-electron chi connectivity index (χ1n) is 9.60. The molecule has 5 nitrogen and oxygen atoms in total. The average Bonchev–Trinajstić information content (AvgIpc) is 3.43. The summed E-state index contributed by atoms with van der Waals surface area (Å²) in [5.74, 6) is -0.0554. The summed E-state index contributed by atoms with van der Waals surface area (Å²) in [6.45, 7) is 1.23. The Morgan fingerprint density at radius 3 is 2.76 bits per heavy atom. The number of pyridine rings is 2. The van der Waals surface area contributed by atoms with Crippen molar-refractivity contribution in [1.82, 2.24) is 9.30 Å². The molecule has 0 N–H and O–H groups in total.